The largest absolute Gasteiger partial charge is 0.383 e. The number of aromatic nitrogens is 3. The van der Waals surface area contributed by atoms with E-state index in [0.29, 0.717) is 5.56 Å². The van der Waals surface area contributed by atoms with Crippen LogP contribution >= 0.6 is 0 Å². The van der Waals surface area contributed by atoms with Gasteiger partial charge in [-0.2, -0.15) is 5.10 Å². The lowest BCUT2D eigenvalue weighted by Gasteiger charge is -2.18. The SMILES string of the molecule is Cc1ccc(C(=O)Nc2ccc(NCCn3cncn3)cc2)c(N(C)C)c1. The Kier molecular flexibility index (Phi) is 5.71. The van der Waals surface area contributed by atoms with Crippen LogP contribution in [0.4, 0.5) is 17.1 Å². The maximum atomic E-state index is 12.7. The van der Waals surface area contributed by atoms with Crippen molar-refractivity contribution >= 4 is 23.0 Å². The molecule has 3 rings (SSSR count). The summed E-state index contributed by atoms with van der Waals surface area (Å²) in [5, 5.41) is 10.3. The quantitative estimate of drug-likeness (QED) is 0.674. The summed E-state index contributed by atoms with van der Waals surface area (Å²) in [6.45, 7) is 3.49. The molecule has 0 saturated heterocycles. The van der Waals surface area contributed by atoms with Crippen molar-refractivity contribution in [1.82, 2.24) is 14.8 Å². The molecule has 2 N–H and O–H groups in total. The average Bonchev–Trinajstić information content (AvgIpc) is 3.16. The van der Waals surface area contributed by atoms with E-state index in [1.807, 2.05) is 68.4 Å². The number of amides is 1. The monoisotopic (exact) mass is 364 g/mol. The van der Waals surface area contributed by atoms with Crippen molar-refractivity contribution in [3.05, 3.63) is 66.2 Å². The van der Waals surface area contributed by atoms with Gasteiger partial charge in [0.25, 0.3) is 5.91 Å². The van der Waals surface area contributed by atoms with E-state index >= 15 is 0 Å². The molecular formula is C20H24N6O. The molecule has 1 amide bonds. The first kappa shape index (κ1) is 18.4. The second kappa shape index (κ2) is 8.35. The lowest BCUT2D eigenvalue weighted by atomic mass is 10.1. The number of rotatable bonds is 7. The summed E-state index contributed by atoms with van der Waals surface area (Å²) in [6.07, 6.45) is 3.21. The first-order valence-electron chi connectivity index (χ1n) is 8.78. The summed E-state index contributed by atoms with van der Waals surface area (Å²) in [7, 11) is 3.87. The molecule has 7 heteroatoms. The molecule has 1 aromatic heterocycles. The molecule has 2 aromatic carbocycles. The van der Waals surface area contributed by atoms with Gasteiger partial charge in [-0.25, -0.2) is 4.98 Å². The van der Waals surface area contributed by atoms with Crippen molar-refractivity contribution in [2.75, 3.05) is 36.2 Å². The first-order valence-corrected chi connectivity index (χ1v) is 8.78. The standard InChI is InChI=1S/C20H24N6O/c1-15-4-9-18(19(12-15)25(2)3)20(27)24-17-7-5-16(6-8-17)22-10-11-26-14-21-13-23-26/h4-9,12-14,22H,10-11H2,1-3H3,(H,24,27). The Labute approximate surface area is 159 Å². The minimum absolute atomic E-state index is 0.120. The summed E-state index contributed by atoms with van der Waals surface area (Å²) < 4.78 is 1.77. The van der Waals surface area contributed by atoms with Gasteiger partial charge in [-0.3, -0.25) is 9.48 Å². The molecule has 7 nitrogen and oxygen atoms in total. The van der Waals surface area contributed by atoms with E-state index in [1.54, 1.807) is 11.0 Å². The maximum Gasteiger partial charge on any atom is 0.257 e. The van der Waals surface area contributed by atoms with Gasteiger partial charge in [0, 0.05) is 37.7 Å². The Morgan fingerprint density at radius 3 is 2.52 bits per heavy atom. The minimum atomic E-state index is -0.120. The van der Waals surface area contributed by atoms with E-state index in [9.17, 15) is 4.79 Å². The zero-order valence-corrected chi connectivity index (χ0v) is 15.8. The fourth-order valence-electron chi connectivity index (χ4n) is 2.74. The third-order valence-electron chi connectivity index (χ3n) is 4.16. The number of nitrogens with one attached hydrogen (secondary N) is 2. The molecule has 0 aliphatic carbocycles. The number of anilines is 3. The van der Waals surface area contributed by atoms with Gasteiger partial charge in [-0.1, -0.05) is 6.07 Å². The van der Waals surface area contributed by atoms with Gasteiger partial charge in [0.15, 0.2) is 0 Å². The highest BCUT2D eigenvalue weighted by molar-refractivity contribution is 6.08. The second-order valence-corrected chi connectivity index (χ2v) is 6.53. The minimum Gasteiger partial charge on any atom is -0.383 e. The molecule has 0 saturated carbocycles. The van der Waals surface area contributed by atoms with Crippen LogP contribution in [0, 0.1) is 6.92 Å². The Balaban J connectivity index is 1.60. The predicted octanol–water partition coefficient (Wildman–Crippen LogP) is 3.02. The van der Waals surface area contributed by atoms with Crippen LogP contribution < -0.4 is 15.5 Å². The second-order valence-electron chi connectivity index (χ2n) is 6.53. The Bertz CT molecular complexity index is 887. The van der Waals surface area contributed by atoms with Gasteiger partial charge in [0.1, 0.15) is 12.7 Å². The van der Waals surface area contributed by atoms with E-state index in [0.717, 1.165) is 35.7 Å². The molecule has 0 spiro atoms. The topological polar surface area (TPSA) is 75.1 Å². The van der Waals surface area contributed by atoms with Gasteiger partial charge < -0.3 is 15.5 Å². The lowest BCUT2D eigenvalue weighted by molar-refractivity contribution is 0.102. The zero-order valence-electron chi connectivity index (χ0n) is 15.8. The average molecular weight is 364 g/mol. The van der Waals surface area contributed by atoms with Crippen molar-refractivity contribution in [1.29, 1.82) is 0 Å². The maximum absolute atomic E-state index is 12.7. The van der Waals surface area contributed by atoms with Crippen LogP contribution in [-0.4, -0.2) is 41.3 Å². The summed E-state index contributed by atoms with van der Waals surface area (Å²) in [6, 6.07) is 13.5. The predicted molar refractivity (Wildman–Crippen MR) is 108 cm³/mol. The van der Waals surface area contributed by atoms with Crippen LogP contribution in [0.1, 0.15) is 15.9 Å². The molecule has 0 bridgehead atoms. The number of hydrogen-bond acceptors (Lipinski definition) is 5. The van der Waals surface area contributed by atoms with Gasteiger partial charge in [0.2, 0.25) is 0 Å². The molecule has 3 aromatic rings. The van der Waals surface area contributed by atoms with Gasteiger partial charge >= 0.3 is 0 Å². The van der Waals surface area contributed by atoms with Crippen molar-refractivity contribution in [3.63, 3.8) is 0 Å². The Hall–Kier alpha value is -3.35. The summed E-state index contributed by atoms with van der Waals surface area (Å²) in [4.78, 5) is 18.5. The summed E-state index contributed by atoms with van der Waals surface area (Å²) in [5.74, 6) is -0.120. The highest BCUT2D eigenvalue weighted by atomic mass is 16.1. The zero-order chi connectivity index (χ0) is 19.2. The van der Waals surface area contributed by atoms with Crippen LogP contribution in [0.5, 0.6) is 0 Å². The molecule has 0 fully saturated rings. The van der Waals surface area contributed by atoms with Gasteiger partial charge in [0.05, 0.1) is 12.1 Å². The normalized spacial score (nSPS) is 10.5. The van der Waals surface area contributed by atoms with Crippen molar-refractivity contribution < 1.29 is 4.79 Å². The number of benzene rings is 2. The summed E-state index contributed by atoms with van der Waals surface area (Å²) in [5.41, 5.74) is 4.42. The number of carbonyl (C=O) groups is 1. The van der Waals surface area contributed by atoms with E-state index in [4.69, 9.17) is 0 Å². The number of hydrogen-bond donors (Lipinski definition) is 2. The molecule has 0 aliphatic heterocycles. The number of nitrogens with zero attached hydrogens (tertiary/aromatic N) is 4. The smallest absolute Gasteiger partial charge is 0.257 e. The fraction of sp³-hybridized carbons (Fsp3) is 0.250. The first-order chi connectivity index (χ1) is 13.0. The van der Waals surface area contributed by atoms with Crippen LogP contribution in [0.3, 0.4) is 0 Å². The third kappa shape index (κ3) is 4.84. The van der Waals surface area contributed by atoms with Crippen molar-refractivity contribution in [2.24, 2.45) is 0 Å². The molecule has 1 heterocycles. The van der Waals surface area contributed by atoms with E-state index < -0.39 is 0 Å². The molecular weight excluding hydrogens is 340 g/mol. The molecule has 27 heavy (non-hydrogen) atoms. The highest BCUT2D eigenvalue weighted by Crippen LogP contribution is 2.22. The van der Waals surface area contributed by atoms with Crippen LogP contribution in [0.15, 0.2) is 55.1 Å². The van der Waals surface area contributed by atoms with Crippen LogP contribution in [0.2, 0.25) is 0 Å². The molecule has 0 radical (unpaired) electrons. The van der Waals surface area contributed by atoms with E-state index in [-0.39, 0.29) is 5.91 Å². The molecule has 0 aliphatic rings. The summed E-state index contributed by atoms with van der Waals surface area (Å²) >= 11 is 0. The number of aryl methyl sites for hydroxylation is 1. The molecule has 0 atom stereocenters. The highest BCUT2D eigenvalue weighted by Gasteiger charge is 2.13. The van der Waals surface area contributed by atoms with Crippen molar-refractivity contribution in [3.8, 4) is 0 Å². The van der Waals surface area contributed by atoms with Crippen molar-refractivity contribution in [2.45, 2.75) is 13.5 Å². The molecule has 0 unspecified atom stereocenters. The Morgan fingerprint density at radius 2 is 1.85 bits per heavy atom. The van der Waals surface area contributed by atoms with Crippen LogP contribution in [-0.2, 0) is 6.54 Å². The lowest BCUT2D eigenvalue weighted by Crippen LogP contribution is -2.18. The third-order valence-corrected chi connectivity index (χ3v) is 4.16. The van der Waals surface area contributed by atoms with E-state index in [2.05, 4.69) is 20.7 Å². The molecule has 140 valence electrons. The Morgan fingerprint density at radius 1 is 1.11 bits per heavy atom. The number of carbonyl (C=O) groups excluding carboxylic acids is 1. The van der Waals surface area contributed by atoms with Gasteiger partial charge in [-0.05, 0) is 48.9 Å². The van der Waals surface area contributed by atoms with E-state index in [1.165, 1.54) is 6.33 Å². The van der Waals surface area contributed by atoms with Crippen LogP contribution in [0.25, 0.3) is 0 Å². The fourth-order valence-corrected chi connectivity index (χ4v) is 2.74. The van der Waals surface area contributed by atoms with Gasteiger partial charge in [-0.15, -0.1) is 0 Å².